The fourth-order valence-electron chi connectivity index (χ4n) is 2.11. The topological polar surface area (TPSA) is 78.1 Å². The molecule has 6 heteroatoms. The smallest absolute Gasteiger partial charge is 0.255 e. The Labute approximate surface area is 121 Å². The predicted octanol–water partition coefficient (Wildman–Crippen LogP) is 2.30. The van der Waals surface area contributed by atoms with Gasteiger partial charge in [-0.15, -0.1) is 0 Å². The molecular formula is C14H16N2O3S. The number of rotatable bonds is 4. The highest BCUT2D eigenvalue weighted by Crippen LogP contribution is 2.30. The summed E-state index contributed by atoms with van der Waals surface area (Å²) in [5, 5.41) is 10.1. The van der Waals surface area contributed by atoms with E-state index in [0.29, 0.717) is 34.5 Å². The van der Waals surface area contributed by atoms with Gasteiger partial charge in [0.15, 0.2) is 16.3 Å². The fourth-order valence-corrected chi connectivity index (χ4v) is 2.33. The van der Waals surface area contributed by atoms with Gasteiger partial charge in [0.2, 0.25) is 0 Å². The number of nitrogens with one attached hydrogen (secondary N) is 2. The second-order valence-electron chi connectivity index (χ2n) is 4.36. The fraction of sp³-hybridized carbons (Fsp3) is 0.286. The van der Waals surface area contributed by atoms with Gasteiger partial charge < -0.3 is 14.8 Å². The Morgan fingerprint density at radius 3 is 2.75 bits per heavy atom. The average molecular weight is 292 g/mol. The SMILES string of the molecule is CCc1[nH]c(=S)[nH]c(=O)c1Cc1cccc(OC)c1O. The Bertz CT molecular complexity index is 734. The largest absolute Gasteiger partial charge is 0.504 e. The van der Waals surface area contributed by atoms with Crippen LogP contribution >= 0.6 is 12.2 Å². The molecule has 0 radical (unpaired) electrons. The van der Waals surface area contributed by atoms with Crippen LogP contribution in [0.5, 0.6) is 11.5 Å². The van der Waals surface area contributed by atoms with Gasteiger partial charge in [-0.05, 0) is 24.7 Å². The van der Waals surface area contributed by atoms with E-state index in [-0.39, 0.29) is 11.3 Å². The van der Waals surface area contributed by atoms with Gasteiger partial charge in [-0.3, -0.25) is 9.78 Å². The normalized spacial score (nSPS) is 10.5. The quantitative estimate of drug-likeness (QED) is 0.756. The summed E-state index contributed by atoms with van der Waals surface area (Å²) in [6, 6.07) is 5.21. The van der Waals surface area contributed by atoms with Gasteiger partial charge in [0.25, 0.3) is 5.56 Å². The molecule has 0 aliphatic carbocycles. The molecule has 0 saturated carbocycles. The molecule has 0 aliphatic rings. The monoisotopic (exact) mass is 292 g/mol. The molecule has 0 amide bonds. The summed E-state index contributed by atoms with van der Waals surface area (Å²) in [5.41, 5.74) is 1.76. The maximum Gasteiger partial charge on any atom is 0.255 e. The van der Waals surface area contributed by atoms with Gasteiger partial charge in [-0.2, -0.15) is 0 Å². The highest BCUT2D eigenvalue weighted by molar-refractivity contribution is 7.71. The molecule has 1 aromatic heterocycles. The molecule has 5 nitrogen and oxygen atoms in total. The minimum absolute atomic E-state index is 0.0545. The molecule has 2 aromatic rings. The van der Waals surface area contributed by atoms with Crippen molar-refractivity contribution in [2.45, 2.75) is 19.8 Å². The van der Waals surface area contributed by atoms with Gasteiger partial charge in [0.1, 0.15) is 0 Å². The van der Waals surface area contributed by atoms with Crippen molar-refractivity contribution in [3.8, 4) is 11.5 Å². The molecule has 0 atom stereocenters. The Morgan fingerprint density at radius 1 is 1.35 bits per heavy atom. The van der Waals surface area contributed by atoms with Crippen LogP contribution in [0.1, 0.15) is 23.7 Å². The van der Waals surface area contributed by atoms with E-state index in [0.717, 1.165) is 5.69 Å². The molecule has 106 valence electrons. The van der Waals surface area contributed by atoms with Crippen molar-refractivity contribution < 1.29 is 9.84 Å². The molecular weight excluding hydrogens is 276 g/mol. The molecule has 0 bridgehead atoms. The number of aromatic amines is 2. The minimum Gasteiger partial charge on any atom is -0.504 e. The molecule has 3 N–H and O–H groups in total. The Kier molecular flexibility index (Phi) is 4.24. The van der Waals surface area contributed by atoms with Crippen LogP contribution in [-0.4, -0.2) is 22.2 Å². The molecule has 0 unspecified atom stereocenters. The van der Waals surface area contributed by atoms with Crippen LogP contribution in [0.25, 0.3) is 0 Å². The lowest BCUT2D eigenvalue weighted by Crippen LogP contribution is -2.18. The van der Waals surface area contributed by atoms with Crippen molar-refractivity contribution in [1.29, 1.82) is 0 Å². The number of hydrogen-bond acceptors (Lipinski definition) is 4. The zero-order valence-electron chi connectivity index (χ0n) is 11.3. The third kappa shape index (κ3) is 2.75. The summed E-state index contributed by atoms with van der Waals surface area (Å²) >= 11 is 4.96. The van der Waals surface area contributed by atoms with Crippen LogP contribution in [0, 0.1) is 4.77 Å². The summed E-state index contributed by atoms with van der Waals surface area (Å²) in [7, 11) is 1.49. The summed E-state index contributed by atoms with van der Waals surface area (Å²) in [6.45, 7) is 1.94. The molecule has 1 heterocycles. The molecule has 0 saturated heterocycles. The number of aromatic nitrogens is 2. The third-order valence-corrected chi connectivity index (χ3v) is 3.36. The van der Waals surface area contributed by atoms with E-state index >= 15 is 0 Å². The van der Waals surface area contributed by atoms with E-state index in [1.54, 1.807) is 18.2 Å². The zero-order chi connectivity index (χ0) is 14.7. The summed E-state index contributed by atoms with van der Waals surface area (Å²) in [4.78, 5) is 17.6. The van der Waals surface area contributed by atoms with Gasteiger partial charge in [0.05, 0.1) is 7.11 Å². The maximum absolute atomic E-state index is 12.0. The Morgan fingerprint density at radius 2 is 2.10 bits per heavy atom. The van der Waals surface area contributed by atoms with Crippen LogP contribution in [0.3, 0.4) is 0 Å². The number of ether oxygens (including phenoxy) is 1. The molecule has 0 aliphatic heterocycles. The van der Waals surface area contributed by atoms with Crippen LogP contribution < -0.4 is 10.3 Å². The number of H-pyrrole nitrogens is 2. The van der Waals surface area contributed by atoms with Crippen molar-refractivity contribution >= 4 is 12.2 Å². The lowest BCUT2D eigenvalue weighted by molar-refractivity contribution is 0.371. The van der Waals surface area contributed by atoms with E-state index in [9.17, 15) is 9.90 Å². The molecule has 20 heavy (non-hydrogen) atoms. The van der Waals surface area contributed by atoms with Crippen molar-refractivity contribution in [3.05, 3.63) is 50.1 Å². The first-order valence-corrected chi connectivity index (χ1v) is 6.66. The number of aryl methyl sites for hydroxylation is 1. The number of methoxy groups -OCH3 is 1. The molecule has 0 spiro atoms. The molecule has 1 aromatic carbocycles. The first kappa shape index (κ1) is 14.3. The number of phenolic OH excluding ortho intramolecular Hbond substituents is 1. The summed E-state index contributed by atoms with van der Waals surface area (Å²) < 4.78 is 5.38. The number of benzene rings is 1. The third-order valence-electron chi connectivity index (χ3n) is 3.15. The van der Waals surface area contributed by atoms with Crippen LogP contribution in [0.15, 0.2) is 23.0 Å². The van der Waals surface area contributed by atoms with E-state index in [2.05, 4.69) is 9.97 Å². The highest BCUT2D eigenvalue weighted by atomic mass is 32.1. The van der Waals surface area contributed by atoms with Gasteiger partial charge in [-0.1, -0.05) is 19.1 Å². The standard InChI is InChI=1S/C14H16N2O3S/c1-3-10-9(13(18)16-14(20)15-10)7-8-5-4-6-11(19-2)12(8)17/h4-6,17H,3,7H2,1-2H3,(H2,15,16,18,20). The number of hydrogen-bond donors (Lipinski definition) is 3. The first-order chi connectivity index (χ1) is 9.56. The Hall–Kier alpha value is -2.08. The van der Waals surface area contributed by atoms with E-state index in [4.69, 9.17) is 17.0 Å². The number of aromatic hydroxyl groups is 1. The lowest BCUT2D eigenvalue weighted by Gasteiger charge is -2.10. The maximum atomic E-state index is 12.0. The van der Waals surface area contributed by atoms with Crippen LogP contribution in [-0.2, 0) is 12.8 Å². The van der Waals surface area contributed by atoms with Crippen LogP contribution in [0.2, 0.25) is 0 Å². The van der Waals surface area contributed by atoms with E-state index < -0.39 is 0 Å². The van der Waals surface area contributed by atoms with Crippen LogP contribution in [0.4, 0.5) is 0 Å². The highest BCUT2D eigenvalue weighted by Gasteiger charge is 2.13. The summed E-state index contributed by atoms with van der Waals surface area (Å²) in [6.07, 6.45) is 0.973. The second-order valence-corrected chi connectivity index (χ2v) is 4.77. The second kappa shape index (κ2) is 5.92. The zero-order valence-corrected chi connectivity index (χ0v) is 12.1. The van der Waals surface area contributed by atoms with Gasteiger partial charge in [-0.25, -0.2) is 0 Å². The van der Waals surface area contributed by atoms with E-state index in [1.165, 1.54) is 7.11 Å². The van der Waals surface area contributed by atoms with E-state index in [1.807, 2.05) is 6.92 Å². The van der Waals surface area contributed by atoms with Gasteiger partial charge in [0, 0.05) is 23.2 Å². The van der Waals surface area contributed by atoms with Crippen molar-refractivity contribution in [2.24, 2.45) is 0 Å². The van der Waals surface area contributed by atoms with Crippen molar-refractivity contribution in [1.82, 2.24) is 9.97 Å². The average Bonchev–Trinajstić information content (AvgIpc) is 2.43. The van der Waals surface area contributed by atoms with Crippen molar-refractivity contribution in [3.63, 3.8) is 0 Å². The first-order valence-electron chi connectivity index (χ1n) is 6.26. The van der Waals surface area contributed by atoms with Gasteiger partial charge >= 0.3 is 0 Å². The minimum atomic E-state index is -0.229. The molecule has 0 fully saturated rings. The lowest BCUT2D eigenvalue weighted by atomic mass is 10.0. The van der Waals surface area contributed by atoms with Crippen molar-refractivity contribution in [2.75, 3.05) is 7.11 Å². The Balaban J connectivity index is 2.50. The number of para-hydroxylation sites is 1. The molecule has 2 rings (SSSR count). The number of phenols is 1. The predicted molar refractivity (Wildman–Crippen MR) is 79.1 cm³/mol. The summed E-state index contributed by atoms with van der Waals surface area (Å²) in [5.74, 6) is 0.444.